The van der Waals surface area contributed by atoms with E-state index in [9.17, 15) is 9.90 Å². The monoisotopic (exact) mass is 335 g/mol. The minimum absolute atomic E-state index is 0.0294. The number of benzene rings is 1. The molecule has 8 heteroatoms. The van der Waals surface area contributed by atoms with E-state index in [-0.39, 0.29) is 5.91 Å². The van der Waals surface area contributed by atoms with Gasteiger partial charge in [0.2, 0.25) is 5.91 Å². The van der Waals surface area contributed by atoms with Crippen LogP contribution in [0.4, 0.5) is 0 Å². The molecule has 1 atom stereocenters. The smallest absolute Gasteiger partial charge is 0.234 e. The summed E-state index contributed by atoms with van der Waals surface area (Å²) in [5, 5.41) is 21.8. The maximum absolute atomic E-state index is 11.4. The third kappa shape index (κ3) is 4.28. The van der Waals surface area contributed by atoms with Crippen molar-refractivity contribution in [2.24, 2.45) is 0 Å². The normalized spacial score (nSPS) is 17.0. The maximum Gasteiger partial charge on any atom is 0.234 e. The van der Waals surface area contributed by atoms with Crippen molar-refractivity contribution in [2.45, 2.75) is 19.2 Å². The van der Waals surface area contributed by atoms with E-state index in [0.29, 0.717) is 31.2 Å². The molecule has 2 heterocycles. The minimum Gasteiger partial charge on any atom is -0.386 e. The first-order valence-electron chi connectivity index (χ1n) is 7.42. The van der Waals surface area contributed by atoms with Gasteiger partial charge in [-0.2, -0.15) is 0 Å². The lowest BCUT2D eigenvalue weighted by Gasteiger charge is -2.25. The molecule has 1 fully saturated rings. The molecule has 0 radical (unpaired) electrons. The van der Waals surface area contributed by atoms with E-state index in [0.717, 1.165) is 17.8 Å². The molecule has 1 saturated heterocycles. The maximum atomic E-state index is 11.4. The number of carbonyl (C=O) groups excluding carboxylic acids is 1. The second kappa shape index (κ2) is 7.08. The summed E-state index contributed by atoms with van der Waals surface area (Å²) in [5.41, 5.74) is 1.56. The van der Waals surface area contributed by atoms with Gasteiger partial charge in [-0.25, -0.2) is 4.68 Å². The Labute approximate surface area is 138 Å². The molecule has 2 aromatic rings. The fraction of sp³-hybridized carbons (Fsp3) is 0.400. The van der Waals surface area contributed by atoms with Gasteiger partial charge in [0.25, 0.3) is 0 Å². The SMILES string of the molecule is O=C1CN(Cc2cn(C[C@@H](O)c3ccc(Cl)cc3)nn2)CCN1. The second-order valence-electron chi connectivity index (χ2n) is 5.56. The summed E-state index contributed by atoms with van der Waals surface area (Å²) in [6.07, 6.45) is 1.12. The zero-order valence-electron chi connectivity index (χ0n) is 12.5. The third-order valence-corrected chi connectivity index (χ3v) is 3.96. The van der Waals surface area contributed by atoms with Gasteiger partial charge in [0.15, 0.2) is 0 Å². The summed E-state index contributed by atoms with van der Waals surface area (Å²) in [7, 11) is 0. The number of carbonyl (C=O) groups is 1. The highest BCUT2D eigenvalue weighted by molar-refractivity contribution is 6.30. The second-order valence-corrected chi connectivity index (χ2v) is 6.00. The van der Waals surface area contributed by atoms with E-state index in [2.05, 4.69) is 15.6 Å². The highest BCUT2D eigenvalue weighted by Gasteiger charge is 2.17. The number of rotatable bonds is 5. The molecule has 1 aliphatic heterocycles. The third-order valence-electron chi connectivity index (χ3n) is 3.70. The van der Waals surface area contributed by atoms with Crippen LogP contribution in [0.15, 0.2) is 30.5 Å². The van der Waals surface area contributed by atoms with Gasteiger partial charge in [0.1, 0.15) is 0 Å². The molecule has 1 aromatic heterocycles. The fourth-order valence-corrected chi connectivity index (χ4v) is 2.65. The van der Waals surface area contributed by atoms with Crippen LogP contribution in [0, 0.1) is 0 Å². The number of aliphatic hydroxyl groups is 1. The van der Waals surface area contributed by atoms with E-state index in [4.69, 9.17) is 11.6 Å². The molecule has 0 aliphatic carbocycles. The predicted octanol–water partition coefficient (Wildman–Crippen LogP) is 0.597. The van der Waals surface area contributed by atoms with E-state index in [1.165, 1.54) is 0 Å². The molecule has 2 N–H and O–H groups in total. The van der Waals surface area contributed by atoms with Gasteiger partial charge in [0.05, 0.1) is 24.9 Å². The fourth-order valence-electron chi connectivity index (χ4n) is 2.52. The number of halogens is 1. The van der Waals surface area contributed by atoms with Crippen LogP contribution in [0.3, 0.4) is 0 Å². The lowest BCUT2D eigenvalue weighted by atomic mass is 10.1. The Hall–Kier alpha value is -1.96. The zero-order valence-corrected chi connectivity index (χ0v) is 13.3. The summed E-state index contributed by atoms with van der Waals surface area (Å²) < 4.78 is 1.61. The summed E-state index contributed by atoms with van der Waals surface area (Å²) in [6.45, 7) is 2.72. The van der Waals surface area contributed by atoms with E-state index in [1.54, 1.807) is 35.1 Å². The molecule has 7 nitrogen and oxygen atoms in total. The van der Waals surface area contributed by atoms with Crippen LogP contribution < -0.4 is 5.32 Å². The van der Waals surface area contributed by atoms with E-state index < -0.39 is 6.10 Å². The van der Waals surface area contributed by atoms with Crippen molar-refractivity contribution in [1.29, 1.82) is 0 Å². The van der Waals surface area contributed by atoms with Gasteiger partial charge in [-0.3, -0.25) is 9.69 Å². The number of hydrogen-bond donors (Lipinski definition) is 2. The van der Waals surface area contributed by atoms with E-state index >= 15 is 0 Å². The first-order valence-corrected chi connectivity index (χ1v) is 7.79. The standard InChI is InChI=1S/C15H18ClN5O2/c16-12-3-1-11(2-4-12)14(22)9-21-8-13(18-19-21)7-20-6-5-17-15(23)10-20/h1-4,8,14,22H,5-7,9-10H2,(H,17,23)/t14-/m1/s1. The number of piperazine rings is 1. The van der Waals surface area contributed by atoms with Crippen molar-refractivity contribution in [3.05, 3.63) is 46.7 Å². The van der Waals surface area contributed by atoms with Crippen LogP contribution in [0.25, 0.3) is 0 Å². The summed E-state index contributed by atoms with van der Waals surface area (Å²) in [4.78, 5) is 13.4. The topological polar surface area (TPSA) is 83.3 Å². The summed E-state index contributed by atoms with van der Waals surface area (Å²) in [6, 6.07) is 7.07. The predicted molar refractivity (Wildman–Crippen MR) is 84.7 cm³/mol. The molecule has 1 aliphatic rings. The molecule has 1 amide bonds. The molecule has 0 spiro atoms. The van der Waals surface area contributed by atoms with Crippen molar-refractivity contribution in [3.63, 3.8) is 0 Å². The molecule has 0 saturated carbocycles. The molecule has 3 rings (SSSR count). The Bertz CT molecular complexity index is 673. The van der Waals surface area contributed by atoms with Crippen molar-refractivity contribution >= 4 is 17.5 Å². The summed E-state index contributed by atoms with van der Waals surface area (Å²) >= 11 is 5.84. The highest BCUT2D eigenvalue weighted by atomic mass is 35.5. The van der Waals surface area contributed by atoms with Gasteiger partial charge in [-0.1, -0.05) is 28.9 Å². The van der Waals surface area contributed by atoms with Crippen LogP contribution in [-0.2, 0) is 17.9 Å². The van der Waals surface area contributed by atoms with Crippen molar-refractivity contribution in [3.8, 4) is 0 Å². The van der Waals surface area contributed by atoms with Gasteiger partial charge in [-0.15, -0.1) is 5.10 Å². The Morgan fingerprint density at radius 2 is 2.13 bits per heavy atom. The largest absolute Gasteiger partial charge is 0.386 e. The van der Waals surface area contributed by atoms with Crippen molar-refractivity contribution in [2.75, 3.05) is 19.6 Å². The first-order chi connectivity index (χ1) is 11.1. The molecule has 0 bridgehead atoms. The number of amides is 1. The van der Waals surface area contributed by atoms with Crippen LogP contribution in [0.1, 0.15) is 17.4 Å². The minimum atomic E-state index is -0.678. The Morgan fingerprint density at radius 1 is 1.35 bits per heavy atom. The lowest BCUT2D eigenvalue weighted by molar-refractivity contribution is -0.124. The highest BCUT2D eigenvalue weighted by Crippen LogP contribution is 2.17. The van der Waals surface area contributed by atoms with Crippen LogP contribution in [0.5, 0.6) is 0 Å². The number of aliphatic hydroxyl groups excluding tert-OH is 1. The average Bonchev–Trinajstić information content (AvgIpc) is 2.95. The Kier molecular flexibility index (Phi) is 4.90. The number of nitrogens with one attached hydrogen (secondary N) is 1. The van der Waals surface area contributed by atoms with Gasteiger partial charge in [0, 0.05) is 30.9 Å². The quantitative estimate of drug-likeness (QED) is 0.836. The van der Waals surface area contributed by atoms with Crippen LogP contribution in [-0.4, -0.2) is 50.5 Å². The lowest BCUT2D eigenvalue weighted by Crippen LogP contribution is -2.47. The molecule has 1 aromatic carbocycles. The van der Waals surface area contributed by atoms with Crippen molar-refractivity contribution in [1.82, 2.24) is 25.2 Å². The first kappa shape index (κ1) is 15.9. The van der Waals surface area contributed by atoms with Crippen LogP contribution >= 0.6 is 11.6 Å². The summed E-state index contributed by atoms with van der Waals surface area (Å²) in [5.74, 6) is 0.0294. The number of hydrogen-bond acceptors (Lipinski definition) is 5. The van der Waals surface area contributed by atoms with Gasteiger partial charge < -0.3 is 10.4 Å². The zero-order chi connectivity index (χ0) is 16.2. The molecule has 122 valence electrons. The van der Waals surface area contributed by atoms with Gasteiger partial charge >= 0.3 is 0 Å². The average molecular weight is 336 g/mol. The molecular formula is C15H18ClN5O2. The van der Waals surface area contributed by atoms with Gasteiger partial charge in [-0.05, 0) is 17.7 Å². The van der Waals surface area contributed by atoms with Crippen molar-refractivity contribution < 1.29 is 9.90 Å². The van der Waals surface area contributed by atoms with E-state index in [1.807, 2.05) is 4.90 Å². The van der Waals surface area contributed by atoms with Crippen LogP contribution in [0.2, 0.25) is 5.02 Å². The Balaban J connectivity index is 1.58. The molecule has 0 unspecified atom stereocenters. The molecule has 23 heavy (non-hydrogen) atoms. The Morgan fingerprint density at radius 3 is 2.87 bits per heavy atom. The number of nitrogens with zero attached hydrogens (tertiary/aromatic N) is 4. The number of aromatic nitrogens is 3. The molecular weight excluding hydrogens is 318 g/mol.